The van der Waals surface area contributed by atoms with Crippen molar-refractivity contribution in [3.8, 4) is 5.75 Å². The molecule has 1 saturated carbocycles. The molecule has 3 rings (SSSR count). The second kappa shape index (κ2) is 5.45. The smallest absolute Gasteiger partial charge is 0.126 e. The topological polar surface area (TPSA) is 29.5 Å². The molecule has 0 bridgehead atoms. The standard InChI is InChI=1S/C16H21BrO2/c17-12-6-7-15-13(10-12)14(18)11-16(19-15)8-4-2-1-3-5-9-16/h6-7,10,14,18H,1-5,8-9,11H2/t14-/m0/s1. The minimum absolute atomic E-state index is 0.124. The maximum absolute atomic E-state index is 10.5. The molecule has 1 aliphatic carbocycles. The van der Waals surface area contributed by atoms with Gasteiger partial charge in [0.15, 0.2) is 0 Å². The summed E-state index contributed by atoms with van der Waals surface area (Å²) in [6.07, 6.45) is 8.92. The Hall–Kier alpha value is -0.540. The van der Waals surface area contributed by atoms with Crippen LogP contribution in [0.25, 0.3) is 0 Å². The summed E-state index contributed by atoms with van der Waals surface area (Å²) in [7, 11) is 0. The zero-order chi connectivity index (χ0) is 13.3. The minimum atomic E-state index is -0.388. The monoisotopic (exact) mass is 324 g/mol. The number of fused-ring (bicyclic) bond motifs is 1. The third-order valence-corrected chi connectivity index (χ3v) is 4.98. The van der Waals surface area contributed by atoms with Crippen LogP contribution in [0.4, 0.5) is 0 Å². The molecule has 2 aliphatic rings. The van der Waals surface area contributed by atoms with E-state index in [1.165, 1.54) is 32.1 Å². The zero-order valence-electron chi connectivity index (χ0n) is 11.2. The van der Waals surface area contributed by atoms with Gasteiger partial charge in [0.25, 0.3) is 0 Å². The summed E-state index contributed by atoms with van der Waals surface area (Å²) in [6, 6.07) is 5.96. The van der Waals surface area contributed by atoms with Gasteiger partial charge in [-0.15, -0.1) is 0 Å². The summed E-state index contributed by atoms with van der Waals surface area (Å²) in [5, 5.41) is 10.5. The lowest BCUT2D eigenvalue weighted by Gasteiger charge is -2.42. The summed E-state index contributed by atoms with van der Waals surface area (Å²) in [5.41, 5.74) is 0.808. The van der Waals surface area contributed by atoms with Crippen LogP contribution in [0.5, 0.6) is 5.75 Å². The van der Waals surface area contributed by atoms with Gasteiger partial charge in [-0.2, -0.15) is 0 Å². The molecule has 0 radical (unpaired) electrons. The van der Waals surface area contributed by atoms with Crippen LogP contribution in [0.1, 0.15) is 63.0 Å². The van der Waals surface area contributed by atoms with Crippen molar-refractivity contribution in [1.82, 2.24) is 0 Å². The van der Waals surface area contributed by atoms with Crippen molar-refractivity contribution in [3.05, 3.63) is 28.2 Å². The van der Waals surface area contributed by atoms with Gasteiger partial charge in [-0.3, -0.25) is 0 Å². The molecular weight excluding hydrogens is 304 g/mol. The molecule has 0 saturated heterocycles. The Labute approximate surface area is 123 Å². The molecule has 0 aromatic heterocycles. The molecule has 1 aromatic carbocycles. The summed E-state index contributed by atoms with van der Waals surface area (Å²) in [5.74, 6) is 0.877. The van der Waals surface area contributed by atoms with Crippen molar-refractivity contribution in [1.29, 1.82) is 0 Å². The Kier molecular flexibility index (Phi) is 3.86. The van der Waals surface area contributed by atoms with E-state index >= 15 is 0 Å². The Balaban J connectivity index is 1.88. The number of ether oxygens (including phenoxy) is 1. The highest BCUT2D eigenvalue weighted by Crippen LogP contribution is 2.45. The van der Waals surface area contributed by atoms with E-state index in [1.54, 1.807) is 0 Å². The quantitative estimate of drug-likeness (QED) is 0.746. The molecule has 0 unspecified atom stereocenters. The van der Waals surface area contributed by atoms with E-state index in [4.69, 9.17) is 4.74 Å². The van der Waals surface area contributed by atoms with Crippen molar-refractivity contribution in [2.75, 3.05) is 0 Å². The molecule has 19 heavy (non-hydrogen) atoms. The third kappa shape index (κ3) is 2.82. The second-order valence-corrected chi connectivity index (χ2v) is 6.87. The number of hydrogen-bond donors (Lipinski definition) is 1. The molecule has 2 nitrogen and oxygen atoms in total. The van der Waals surface area contributed by atoms with Crippen LogP contribution in [0.2, 0.25) is 0 Å². The molecule has 1 heterocycles. The van der Waals surface area contributed by atoms with Crippen molar-refractivity contribution in [2.24, 2.45) is 0 Å². The van der Waals surface area contributed by atoms with Crippen molar-refractivity contribution < 1.29 is 9.84 Å². The summed E-state index contributed by atoms with van der Waals surface area (Å²) in [4.78, 5) is 0. The van der Waals surface area contributed by atoms with E-state index in [-0.39, 0.29) is 11.7 Å². The van der Waals surface area contributed by atoms with E-state index in [2.05, 4.69) is 15.9 Å². The SMILES string of the molecule is O[C@H]1CC2(CCCCCCC2)Oc2ccc(Br)cc21. The first-order chi connectivity index (χ1) is 9.19. The Morgan fingerprint density at radius 2 is 1.79 bits per heavy atom. The molecule has 104 valence electrons. The Bertz CT molecular complexity index is 450. The first-order valence-electron chi connectivity index (χ1n) is 7.35. The van der Waals surface area contributed by atoms with Gasteiger partial charge < -0.3 is 9.84 Å². The normalized spacial score (nSPS) is 26.1. The number of aliphatic hydroxyl groups excluding tert-OH is 1. The fourth-order valence-corrected chi connectivity index (χ4v) is 3.84. The van der Waals surface area contributed by atoms with Gasteiger partial charge in [-0.1, -0.05) is 35.2 Å². The Morgan fingerprint density at radius 1 is 1.11 bits per heavy atom. The van der Waals surface area contributed by atoms with Gasteiger partial charge in [0, 0.05) is 16.5 Å². The number of benzene rings is 1. The molecule has 1 aliphatic heterocycles. The van der Waals surface area contributed by atoms with E-state index in [1.807, 2.05) is 18.2 Å². The number of hydrogen-bond acceptors (Lipinski definition) is 2. The fraction of sp³-hybridized carbons (Fsp3) is 0.625. The molecule has 1 aromatic rings. The Morgan fingerprint density at radius 3 is 2.53 bits per heavy atom. The van der Waals surface area contributed by atoms with E-state index in [0.29, 0.717) is 0 Å². The summed E-state index contributed by atoms with van der Waals surface area (Å²) in [6.45, 7) is 0. The van der Waals surface area contributed by atoms with Crippen LogP contribution in [0.15, 0.2) is 22.7 Å². The molecule has 1 N–H and O–H groups in total. The maximum Gasteiger partial charge on any atom is 0.126 e. The van der Waals surface area contributed by atoms with E-state index in [0.717, 1.165) is 35.0 Å². The minimum Gasteiger partial charge on any atom is -0.487 e. The van der Waals surface area contributed by atoms with Crippen LogP contribution < -0.4 is 4.74 Å². The highest BCUT2D eigenvalue weighted by molar-refractivity contribution is 9.10. The van der Waals surface area contributed by atoms with Crippen LogP contribution in [-0.4, -0.2) is 10.7 Å². The molecule has 1 atom stereocenters. The fourth-order valence-electron chi connectivity index (χ4n) is 3.47. The lowest BCUT2D eigenvalue weighted by Crippen LogP contribution is -2.41. The van der Waals surface area contributed by atoms with E-state index < -0.39 is 0 Å². The number of aliphatic hydroxyl groups is 1. The van der Waals surface area contributed by atoms with Crippen LogP contribution >= 0.6 is 15.9 Å². The molecular formula is C16H21BrO2. The molecule has 0 amide bonds. The van der Waals surface area contributed by atoms with Crippen molar-refractivity contribution >= 4 is 15.9 Å². The van der Waals surface area contributed by atoms with Gasteiger partial charge in [0.2, 0.25) is 0 Å². The predicted octanol–water partition coefficient (Wildman–Crippen LogP) is 4.75. The van der Waals surface area contributed by atoms with Gasteiger partial charge in [-0.05, 0) is 43.9 Å². The average molecular weight is 325 g/mol. The highest BCUT2D eigenvalue weighted by atomic mass is 79.9. The lowest BCUT2D eigenvalue weighted by molar-refractivity contribution is -0.0313. The summed E-state index contributed by atoms with van der Waals surface area (Å²) >= 11 is 3.46. The number of halogens is 1. The summed E-state index contributed by atoms with van der Waals surface area (Å²) < 4.78 is 7.34. The third-order valence-electron chi connectivity index (χ3n) is 4.49. The molecule has 1 spiro atoms. The highest BCUT2D eigenvalue weighted by Gasteiger charge is 2.40. The first kappa shape index (κ1) is 13.4. The zero-order valence-corrected chi connectivity index (χ0v) is 12.8. The van der Waals surface area contributed by atoms with Crippen LogP contribution in [0, 0.1) is 0 Å². The van der Waals surface area contributed by atoms with Crippen molar-refractivity contribution in [3.63, 3.8) is 0 Å². The molecule has 1 fully saturated rings. The van der Waals surface area contributed by atoms with Gasteiger partial charge in [0.05, 0.1) is 6.10 Å². The predicted molar refractivity (Wildman–Crippen MR) is 79.4 cm³/mol. The lowest BCUT2D eigenvalue weighted by atomic mass is 9.79. The van der Waals surface area contributed by atoms with E-state index in [9.17, 15) is 5.11 Å². The first-order valence-corrected chi connectivity index (χ1v) is 8.14. The second-order valence-electron chi connectivity index (χ2n) is 5.95. The largest absolute Gasteiger partial charge is 0.487 e. The van der Waals surface area contributed by atoms with Gasteiger partial charge in [-0.25, -0.2) is 0 Å². The van der Waals surface area contributed by atoms with Crippen LogP contribution in [-0.2, 0) is 0 Å². The van der Waals surface area contributed by atoms with Crippen LogP contribution in [0.3, 0.4) is 0 Å². The molecule has 3 heteroatoms. The number of rotatable bonds is 0. The van der Waals surface area contributed by atoms with Gasteiger partial charge >= 0.3 is 0 Å². The van der Waals surface area contributed by atoms with Gasteiger partial charge in [0.1, 0.15) is 11.4 Å². The maximum atomic E-state index is 10.5. The van der Waals surface area contributed by atoms with Crippen molar-refractivity contribution in [2.45, 2.75) is 63.1 Å². The average Bonchev–Trinajstić information content (AvgIpc) is 2.36.